The molecule has 3 rings (SSSR count). The predicted octanol–water partition coefficient (Wildman–Crippen LogP) is 3.34. The Morgan fingerprint density at radius 2 is 1.76 bits per heavy atom. The van der Waals surface area contributed by atoms with Crippen molar-refractivity contribution in [3.8, 4) is 11.5 Å². The first-order valence-electron chi connectivity index (χ1n) is 7.42. The van der Waals surface area contributed by atoms with Crippen LogP contribution in [0.4, 0.5) is 8.78 Å². The monoisotopic (exact) mass is 297 g/mol. The second-order valence-corrected chi connectivity index (χ2v) is 6.23. The molecule has 1 aromatic rings. The molecule has 116 valence electrons. The lowest BCUT2D eigenvalue weighted by Crippen LogP contribution is -2.33. The molecule has 0 bridgehead atoms. The fourth-order valence-electron chi connectivity index (χ4n) is 3.09. The van der Waals surface area contributed by atoms with Crippen LogP contribution in [-0.4, -0.2) is 19.3 Å². The van der Waals surface area contributed by atoms with Crippen molar-refractivity contribution in [1.29, 1.82) is 0 Å². The standard InChI is InChI=1S/C16H21F2NO2/c1-10(19)16(4-5-16)12-9-14-13(20-6-3-7-21-14)8-11(12)15(2,17)18/h8-10H,3-7,19H2,1-2H3. The van der Waals surface area contributed by atoms with Crippen molar-refractivity contribution in [2.45, 2.75) is 50.5 Å². The molecule has 1 aromatic carbocycles. The lowest BCUT2D eigenvalue weighted by atomic mass is 9.84. The van der Waals surface area contributed by atoms with Crippen molar-refractivity contribution < 1.29 is 18.3 Å². The van der Waals surface area contributed by atoms with Gasteiger partial charge in [-0.2, -0.15) is 0 Å². The van der Waals surface area contributed by atoms with Crippen molar-refractivity contribution in [2.75, 3.05) is 13.2 Å². The fourth-order valence-corrected chi connectivity index (χ4v) is 3.09. The van der Waals surface area contributed by atoms with Gasteiger partial charge < -0.3 is 15.2 Å². The van der Waals surface area contributed by atoms with Gasteiger partial charge in [0.25, 0.3) is 5.92 Å². The number of hydrogen-bond donors (Lipinski definition) is 1. The molecule has 1 unspecified atom stereocenters. The first-order chi connectivity index (χ1) is 9.84. The van der Waals surface area contributed by atoms with Gasteiger partial charge in [0.2, 0.25) is 0 Å². The smallest absolute Gasteiger partial charge is 0.270 e. The Morgan fingerprint density at radius 3 is 2.24 bits per heavy atom. The minimum atomic E-state index is -2.93. The third-order valence-corrected chi connectivity index (χ3v) is 4.56. The Balaban J connectivity index is 2.15. The van der Waals surface area contributed by atoms with Crippen molar-refractivity contribution in [3.05, 3.63) is 23.3 Å². The highest BCUT2D eigenvalue weighted by molar-refractivity contribution is 5.53. The maximum atomic E-state index is 14.1. The van der Waals surface area contributed by atoms with Gasteiger partial charge in [-0.15, -0.1) is 0 Å². The van der Waals surface area contributed by atoms with Crippen LogP contribution < -0.4 is 15.2 Å². The number of hydrogen-bond acceptors (Lipinski definition) is 3. The van der Waals surface area contributed by atoms with Crippen LogP contribution >= 0.6 is 0 Å². The van der Waals surface area contributed by atoms with Gasteiger partial charge in [0.1, 0.15) is 0 Å². The molecular weight excluding hydrogens is 276 g/mol. The molecule has 1 atom stereocenters. The quantitative estimate of drug-likeness (QED) is 0.930. The summed E-state index contributed by atoms with van der Waals surface area (Å²) in [6.07, 6.45) is 2.43. The molecule has 2 aliphatic rings. The zero-order valence-corrected chi connectivity index (χ0v) is 12.4. The Kier molecular flexibility index (Phi) is 3.35. The van der Waals surface area contributed by atoms with Crippen LogP contribution in [0.15, 0.2) is 12.1 Å². The first-order valence-corrected chi connectivity index (χ1v) is 7.42. The summed E-state index contributed by atoms with van der Waals surface area (Å²) in [6, 6.07) is 3.01. The van der Waals surface area contributed by atoms with Crippen LogP contribution in [0.25, 0.3) is 0 Å². The van der Waals surface area contributed by atoms with Gasteiger partial charge >= 0.3 is 0 Å². The van der Waals surface area contributed by atoms with E-state index in [1.54, 1.807) is 6.07 Å². The molecule has 0 saturated heterocycles. The number of halogens is 2. The number of fused-ring (bicyclic) bond motifs is 1. The van der Waals surface area contributed by atoms with Gasteiger partial charge in [0, 0.05) is 30.4 Å². The van der Waals surface area contributed by atoms with Gasteiger partial charge in [-0.3, -0.25) is 0 Å². The van der Waals surface area contributed by atoms with Gasteiger partial charge in [-0.1, -0.05) is 0 Å². The lowest BCUT2D eigenvalue weighted by Gasteiger charge is -2.27. The van der Waals surface area contributed by atoms with Gasteiger partial charge in [-0.25, -0.2) is 8.78 Å². The number of nitrogens with two attached hydrogens (primary N) is 1. The van der Waals surface area contributed by atoms with Gasteiger partial charge in [-0.05, 0) is 37.5 Å². The van der Waals surface area contributed by atoms with E-state index < -0.39 is 5.92 Å². The number of rotatable bonds is 3. The first kappa shape index (κ1) is 14.6. The van der Waals surface area contributed by atoms with E-state index in [1.165, 1.54) is 6.07 Å². The van der Waals surface area contributed by atoms with Gasteiger partial charge in [0.05, 0.1) is 13.2 Å². The highest BCUT2D eigenvalue weighted by atomic mass is 19.3. The third kappa shape index (κ3) is 2.48. The fraction of sp³-hybridized carbons (Fsp3) is 0.625. The molecule has 21 heavy (non-hydrogen) atoms. The molecule has 3 nitrogen and oxygen atoms in total. The van der Waals surface area contributed by atoms with Crippen LogP contribution in [0.2, 0.25) is 0 Å². The van der Waals surface area contributed by atoms with E-state index in [4.69, 9.17) is 15.2 Å². The summed E-state index contributed by atoms with van der Waals surface area (Å²) in [5.41, 5.74) is 6.35. The van der Waals surface area contributed by atoms with Crippen LogP contribution in [0.5, 0.6) is 11.5 Å². The molecule has 1 aliphatic heterocycles. The highest BCUT2D eigenvalue weighted by Gasteiger charge is 2.51. The predicted molar refractivity (Wildman–Crippen MR) is 76.2 cm³/mol. The summed E-state index contributed by atoms with van der Waals surface area (Å²) < 4.78 is 39.3. The number of alkyl halides is 2. The maximum absolute atomic E-state index is 14.1. The number of ether oxygens (including phenoxy) is 2. The molecule has 0 radical (unpaired) electrons. The molecule has 1 saturated carbocycles. The second-order valence-electron chi connectivity index (χ2n) is 6.23. The average molecular weight is 297 g/mol. The highest BCUT2D eigenvalue weighted by Crippen LogP contribution is 2.55. The van der Waals surface area contributed by atoms with E-state index in [0.717, 1.165) is 26.2 Å². The third-order valence-electron chi connectivity index (χ3n) is 4.56. The molecule has 1 fully saturated rings. The molecule has 5 heteroatoms. The molecule has 0 amide bonds. The molecule has 0 spiro atoms. The molecule has 1 heterocycles. The van der Waals surface area contributed by atoms with Crippen molar-refractivity contribution in [2.24, 2.45) is 5.73 Å². The van der Waals surface area contributed by atoms with Crippen molar-refractivity contribution >= 4 is 0 Å². The van der Waals surface area contributed by atoms with E-state index in [-0.39, 0.29) is 17.0 Å². The van der Waals surface area contributed by atoms with Crippen LogP contribution in [0.3, 0.4) is 0 Å². The Labute approximate surface area is 123 Å². The van der Waals surface area contributed by atoms with Crippen LogP contribution in [0.1, 0.15) is 44.2 Å². The van der Waals surface area contributed by atoms with Gasteiger partial charge in [0.15, 0.2) is 11.5 Å². The summed E-state index contributed by atoms with van der Waals surface area (Å²) in [4.78, 5) is 0. The van der Waals surface area contributed by atoms with Crippen molar-refractivity contribution in [1.82, 2.24) is 0 Å². The summed E-state index contributed by atoms with van der Waals surface area (Å²) in [5.74, 6) is -1.96. The molecule has 1 aliphatic carbocycles. The summed E-state index contributed by atoms with van der Waals surface area (Å²) >= 11 is 0. The molecule has 2 N–H and O–H groups in total. The van der Waals surface area contributed by atoms with Crippen molar-refractivity contribution in [3.63, 3.8) is 0 Å². The minimum absolute atomic E-state index is 0.0153. The van der Waals surface area contributed by atoms with E-state index in [0.29, 0.717) is 30.3 Å². The maximum Gasteiger partial charge on any atom is 0.270 e. The van der Waals surface area contributed by atoms with Crippen LogP contribution in [-0.2, 0) is 11.3 Å². The van der Waals surface area contributed by atoms with E-state index >= 15 is 0 Å². The summed E-state index contributed by atoms with van der Waals surface area (Å²) in [5, 5.41) is 0. The zero-order valence-electron chi connectivity index (χ0n) is 12.4. The minimum Gasteiger partial charge on any atom is -0.490 e. The largest absolute Gasteiger partial charge is 0.490 e. The Hall–Kier alpha value is -1.36. The lowest BCUT2D eigenvalue weighted by molar-refractivity contribution is 0.0156. The second kappa shape index (κ2) is 4.83. The van der Waals surface area contributed by atoms with Crippen LogP contribution in [0, 0.1) is 0 Å². The zero-order chi connectivity index (χ0) is 15.3. The Bertz CT molecular complexity index is 548. The number of benzene rings is 1. The summed E-state index contributed by atoms with van der Waals surface area (Å²) in [7, 11) is 0. The Morgan fingerprint density at radius 1 is 1.19 bits per heavy atom. The normalized spacial score (nSPS) is 21.6. The molecular formula is C16H21F2NO2. The average Bonchev–Trinajstić information content (AvgIpc) is 3.20. The SMILES string of the molecule is CC(N)C1(c2cc3c(cc2C(C)(F)F)OCCCO3)CC1. The molecule has 0 aromatic heterocycles. The topological polar surface area (TPSA) is 44.5 Å². The summed E-state index contributed by atoms with van der Waals surface area (Å²) in [6.45, 7) is 3.83. The van der Waals surface area contributed by atoms with E-state index in [9.17, 15) is 8.78 Å². The van der Waals surface area contributed by atoms with E-state index in [2.05, 4.69) is 0 Å². The van der Waals surface area contributed by atoms with E-state index in [1.807, 2.05) is 6.92 Å².